The second kappa shape index (κ2) is 8.99. The van der Waals surface area contributed by atoms with Crippen molar-refractivity contribution in [2.45, 2.75) is 31.1 Å². The molecule has 0 unspecified atom stereocenters. The molecule has 0 fully saturated rings. The molecule has 1 aliphatic rings. The van der Waals surface area contributed by atoms with Crippen LogP contribution < -0.4 is 14.8 Å². The molecule has 1 N–H and O–H groups in total. The van der Waals surface area contributed by atoms with Gasteiger partial charge in [-0.3, -0.25) is 4.79 Å². The summed E-state index contributed by atoms with van der Waals surface area (Å²) in [5.41, 5.74) is 2.59. The van der Waals surface area contributed by atoms with Crippen LogP contribution in [-0.2, 0) is 11.2 Å². The van der Waals surface area contributed by atoms with Gasteiger partial charge in [0.2, 0.25) is 5.91 Å². The summed E-state index contributed by atoms with van der Waals surface area (Å²) in [6.07, 6.45) is 0.846. The number of fused-ring (bicyclic) bond motifs is 1. The summed E-state index contributed by atoms with van der Waals surface area (Å²) in [4.78, 5) is 13.1. The highest BCUT2D eigenvalue weighted by atomic mass is 32.2. The van der Waals surface area contributed by atoms with Crippen molar-refractivity contribution < 1.29 is 14.3 Å². The molecule has 0 saturated carbocycles. The molecular formula is C21H25NO3S. The third kappa shape index (κ3) is 5.18. The van der Waals surface area contributed by atoms with E-state index >= 15 is 0 Å². The van der Waals surface area contributed by atoms with E-state index in [1.165, 1.54) is 22.9 Å². The summed E-state index contributed by atoms with van der Waals surface area (Å²) >= 11 is 1.51. The minimum absolute atomic E-state index is 0.0451. The van der Waals surface area contributed by atoms with Crippen LogP contribution in [-0.4, -0.2) is 31.4 Å². The van der Waals surface area contributed by atoms with Crippen LogP contribution in [0.2, 0.25) is 0 Å². The number of thioether (sulfide) groups is 1. The van der Waals surface area contributed by atoms with E-state index in [2.05, 4.69) is 43.4 Å². The highest BCUT2D eigenvalue weighted by Crippen LogP contribution is 2.34. The van der Waals surface area contributed by atoms with E-state index in [4.69, 9.17) is 9.47 Å². The van der Waals surface area contributed by atoms with Gasteiger partial charge in [-0.05, 0) is 41.7 Å². The topological polar surface area (TPSA) is 47.6 Å². The minimum Gasteiger partial charge on any atom is -0.486 e. The van der Waals surface area contributed by atoms with E-state index in [9.17, 15) is 4.79 Å². The maximum Gasteiger partial charge on any atom is 0.230 e. The molecule has 1 aliphatic heterocycles. The molecule has 3 rings (SSSR count). The van der Waals surface area contributed by atoms with Gasteiger partial charge in [0.25, 0.3) is 0 Å². The molecule has 1 amide bonds. The number of carbonyl (C=O) groups is 1. The number of amides is 1. The Morgan fingerprint density at radius 1 is 1.08 bits per heavy atom. The van der Waals surface area contributed by atoms with Crippen LogP contribution in [0.15, 0.2) is 47.4 Å². The maximum atomic E-state index is 12.1. The second-order valence-electron chi connectivity index (χ2n) is 6.59. The number of ether oxygens (including phenoxy) is 2. The molecule has 4 nitrogen and oxygen atoms in total. The van der Waals surface area contributed by atoms with Gasteiger partial charge in [0.15, 0.2) is 11.5 Å². The van der Waals surface area contributed by atoms with E-state index in [0.717, 1.165) is 22.8 Å². The number of nitrogens with one attached hydrogen (secondary N) is 1. The largest absolute Gasteiger partial charge is 0.486 e. The Balaban J connectivity index is 1.40. The Hall–Kier alpha value is -2.14. The average Bonchev–Trinajstić information content (AvgIpc) is 2.66. The molecule has 0 saturated heterocycles. The highest BCUT2D eigenvalue weighted by Gasteiger charge is 2.12. The van der Waals surface area contributed by atoms with Crippen molar-refractivity contribution in [3.8, 4) is 11.5 Å². The number of rotatable bonds is 7. The van der Waals surface area contributed by atoms with Gasteiger partial charge in [0.1, 0.15) is 13.2 Å². The summed E-state index contributed by atoms with van der Waals surface area (Å²) in [5.74, 6) is 2.51. The van der Waals surface area contributed by atoms with Crippen molar-refractivity contribution in [1.82, 2.24) is 5.32 Å². The zero-order valence-electron chi connectivity index (χ0n) is 15.3. The lowest BCUT2D eigenvalue weighted by Gasteiger charge is -2.18. The van der Waals surface area contributed by atoms with Crippen molar-refractivity contribution in [1.29, 1.82) is 0 Å². The molecule has 0 aromatic heterocycles. The van der Waals surface area contributed by atoms with E-state index < -0.39 is 0 Å². The molecule has 2 aromatic rings. The van der Waals surface area contributed by atoms with Gasteiger partial charge in [-0.15, -0.1) is 11.8 Å². The van der Waals surface area contributed by atoms with Crippen LogP contribution in [0.3, 0.4) is 0 Å². The van der Waals surface area contributed by atoms with Gasteiger partial charge >= 0.3 is 0 Å². The molecule has 26 heavy (non-hydrogen) atoms. The normalized spacial score (nSPS) is 12.9. The molecule has 0 atom stereocenters. The first-order valence-corrected chi connectivity index (χ1v) is 9.98. The SMILES string of the molecule is CC(C)c1ccc(CCNC(=O)CSc2ccc3c(c2)OCCO3)cc1. The van der Waals surface area contributed by atoms with Gasteiger partial charge in [-0.1, -0.05) is 38.1 Å². The predicted octanol–water partition coefficient (Wildman–Crippen LogP) is 4.03. The molecule has 138 valence electrons. The summed E-state index contributed by atoms with van der Waals surface area (Å²) in [6.45, 7) is 6.19. The fourth-order valence-corrected chi connectivity index (χ4v) is 3.48. The first-order valence-electron chi connectivity index (χ1n) is 9.00. The quantitative estimate of drug-likeness (QED) is 0.747. The van der Waals surface area contributed by atoms with Crippen LogP contribution >= 0.6 is 11.8 Å². The van der Waals surface area contributed by atoms with Gasteiger partial charge in [0.05, 0.1) is 5.75 Å². The zero-order chi connectivity index (χ0) is 18.4. The summed E-state index contributed by atoms with van der Waals surface area (Å²) in [7, 11) is 0. The third-order valence-corrected chi connectivity index (χ3v) is 5.26. The monoisotopic (exact) mass is 371 g/mol. The van der Waals surface area contributed by atoms with E-state index in [1.807, 2.05) is 18.2 Å². The first-order chi connectivity index (χ1) is 12.6. The fourth-order valence-electron chi connectivity index (χ4n) is 2.73. The molecule has 0 spiro atoms. The van der Waals surface area contributed by atoms with Gasteiger partial charge in [0, 0.05) is 11.4 Å². The van der Waals surface area contributed by atoms with E-state index in [-0.39, 0.29) is 5.91 Å². The highest BCUT2D eigenvalue weighted by molar-refractivity contribution is 8.00. The average molecular weight is 372 g/mol. The van der Waals surface area contributed by atoms with Crippen molar-refractivity contribution in [3.63, 3.8) is 0 Å². The molecule has 2 aromatic carbocycles. The van der Waals surface area contributed by atoms with Crippen LogP contribution in [0.5, 0.6) is 11.5 Å². The van der Waals surface area contributed by atoms with E-state index in [0.29, 0.717) is 31.4 Å². The molecular weight excluding hydrogens is 346 g/mol. The summed E-state index contributed by atoms with van der Waals surface area (Å²) in [6, 6.07) is 14.4. The van der Waals surface area contributed by atoms with Crippen LogP contribution in [0.1, 0.15) is 30.9 Å². The Labute approximate surface area is 159 Å². The summed E-state index contributed by atoms with van der Waals surface area (Å²) < 4.78 is 11.1. The lowest BCUT2D eigenvalue weighted by Crippen LogP contribution is -2.27. The maximum absolute atomic E-state index is 12.1. The second-order valence-corrected chi connectivity index (χ2v) is 7.64. The molecule has 1 heterocycles. The number of carbonyl (C=O) groups excluding carboxylic acids is 1. The Morgan fingerprint density at radius 2 is 1.81 bits per heavy atom. The van der Waals surface area contributed by atoms with Gasteiger partial charge < -0.3 is 14.8 Å². The Bertz CT molecular complexity index is 743. The predicted molar refractivity (Wildman–Crippen MR) is 105 cm³/mol. The minimum atomic E-state index is 0.0451. The number of hydrogen-bond acceptors (Lipinski definition) is 4. The van der Waals surface area contributed by atoms with Crippen LogP contribution in [0.25, 0.3) is 0 Å². The first kappa shape index (κ1) is 18.6. The van der Waals surface area contributed by atoms with Crippen molar-refractivity contribution in [2.75, 3.05) is 25.5 Å². The van der Waals surface area contributed by atoms with E-state index in [1.54, 1.807) is 0 Å². The smallest absolute Gasteiger partial charge is 0.230 e. The fraction of sp³-hybridized carbons (Fsp3) is 0.381. The lowest BCUT2D eigenvalue weighted by atomic mass is 10.0. The number of benzene rings is 2. The van der Waals surface area contributed by atoms with Crippen molar-refractivity contribution >= 4 is 17.7 Å². The molecule has 5 heteroatoms. The van der Waals surface area contributed by atoms with Crippen molar-refractivity contribution in [3.05, 3.63) is 53.6 Å². The zero-order valence-corrected chi connectivity index (χ0v) is 16.1. The van der Waals surface area contributed by atoms with Gasteiger partial charge in [-0.25, -0.2) is 0 Å². The van der Waals surface area contributed by atoms with Crippen LogP contribution in [0, 0.1) is 0 Å². The Morgan fingerprint density at radius 3 is 2.54 bits per heavy atom. The molecule has 0 radical (unpaired) electrons. The Kier molecular flexibility index (Phi) is 6.45. The van der Waals surface area contributed by atoms with Gasteiger partial charge in [-0.2, -0.15) is 0 Å². The molecule has 0 bridgehead atoms. The van der Waals surface area contributed by atoms with Crippen LogP contribution in [0.4, 0.5) is 0 Å². The van der Waals surface area contributed by atoms with Crippen molar-refractivity contribution in [2.24, 2.45) is 0 Å². The lowest BCUT2D eigenvalue weighted by molar-refractivity contribution is -0.118. The molecule has 0 aliphatic carbocycles. The summed E-state index contributed by atoms with van der Waals surface area (Å²) in [5, 5.41) is 2.99. The third-order valence-electron chi connectivity index (χ3n) is 4.27. The number of hydrogen-bond donors (Lipinski definition) is 1. The standard InChI is InChI=1S/C21H25NO3S/c1-15(2)17-5-3-16(4-6-17)9-10-22-21(23)14-26-18-7-8-19-20(13-18)25-12-11-24-19/h3-8,13,15H,9-12,14H2,1-2H3,(H,22,23).